The van der Waals surface area contributed by atoms with Crippen LogP contribution < -0.4 is 0 Å². The van der Waals surface area contributed by atoms with Gasteiger partial charge in [-0.3, -0.25) is 14.1 Å². The molecule has 0 saturated carbocycles. The molecule has 183 valence electrons. The Morgan fingerprint density at radius 1 is 0.394 bits per heavy atom. The first-order valence-corrected chi connectivity index (χ1v) is 12.0. The van der Waals surface area contributed by atoms with Crippen LogP contribution in [0.15, 0.2) is 87.5 Å². The fourth-order valence-electron chi connectivity index (χ4n) is 2.83. The number of hydrogen-bond donors (Lipinski definition) is 0. The number of rotatable bonds is 6. The monoisotopic (exact) mass is 513 g/mol. The maximum atomic E-state index is 4.96. The molecule has 0 saturated heterocycles. The predicted octanol–water partition coefficient (Wildman–Crippen LogP) is 10.0. The summed E-state index contributed by atoms with van der Waals surface area (Å²) in [6.45, 7) is 6.55. The third-order valence-electron chi connectivity index (χ3n) is 4.39. The van der Waals surface area contributed by atoms with Gasteiger partial charge in [-0.15, -0.1) is 0 Å². The minimum atomic E-state index is 0. The van der Waals surface area contributed by atoms with E-state index in [1.807, 2.05) is 36.4 Å². The smallest absolute Gasteiger partial charge is 0.0377 e. The maximum absolute atomic E-state index is 4.96. The van der Waals surface area contributed by atoms with Gasteiger partial charge in [0, 0.05) is 14.7 Å². The minimum absolute atomic E-state index is 0. The minimum Gasteiger partial charge on any atom is -0.269 e. The molecule has 3 aromatic rings. The number of benzene rings is 3. The van der Waals surface area contributed by atoms with Crippen LogP contribution in [-0.4, -0.2) is 0 Å². The molecule has 3 radical (unpaired) electrons. The highest BCUT2D eigenvalue weighted by Crippen LogP contribution is 2.10. The zero-order chi connectivity index (χ0) is 22.2. The van der Waals surface area contributed by atoms with Crippen LogP contribution in [0.25, 0.3) is 0 Å². The molecule has 3 aromatic carbocycles. The molecule has 0 aliphatic heterocycles. The van der Waals surface area contributed by atoms with Crippen molar-refractivity contribution in [1.29, 1.82) is 0 Å². The second kappa shape index (κ2) is 21.9. The van der Waals surface area contributed by atoms with E-state index in [-0.39, 0.29) is 14.1 Å². The molecule has 0 unspecified atom stereocenters. The molecule has 0 nitrogen and oxygen atoms in total. The van der Waals surface area contributed by atoms with Gasteiger partial charge in [0.25, 0.3) is 0 Å². The molecule has 0 heterocycles. The van der Waals surface area contributed by atoms with Crippen molar-refractivity contribution in [2.24, 2.45) is 0 Å². The average molecular weight is 514 g/mol. The SMILES string of the molecule is CCCc1ccc([S])cc1.CCCc1ccc([S])cc1.CCCc1ccc([S])cc1.F.F.F. The molecule has 6 heteroatoms. The lowest BCUT2D eigenvalue weighted by Gasteiger charge is -1.96. The van der Waals surface area contributed by atoms with Gasteiger partial charge in [0.2, 0.25) is 0 Å². The fourth-order valence-corrected chi connectivity index (χ4v) is 3.24. The van der Waals surface area contributed by atoms with Crippen molar-refractivity contribution in [2.45, 2.75) is 74.0 Å². The molecule has 33 heavy (non-hydrogen) atoms. The van der Waals surface area contributed by atoms with Crippen LogP contribution in [0.2, 0.25) is 0 Å². The van der Waals surface area contributed by atoms with Crippen LogP contribution in [0.1, 0.15) is 56.7 Å². The van der Waals surface area contributed by atoms with Crippen molar-refractivity contribution in [3.63, 3.8) is 0 Å². The van der Waals surface area contributed by atoms with Crippen molar-refractivity contribution in [3.05, 3.63) is 89.5 Å². The quantitative estimate of drug-likeness (QED) is 0.307. The molecule has 0 spiro atoms. The second-order valence-electron chi connectivity index (χ2n) is 7.18. The molecule has 0 N–H and O–H groups in total. The Morgan fingerprint density at radius 3 is 0.727 bits per heavy atom. The average Bonchev–Trinajstić information content (AvgIpc) is 2.75. The third-order valence-corrected chi connectivity index (χ3v) is 5.20. The molecule has 0 bridgehead atoms. The molecule has 0 fully saturated rings. The Kier molecular flexibility index (Phi) is 23.7. The number of hydrogen-bond acceptors (Lipinski definition) is 0. The summed E-state index contributed by atoms with van der Waals surface area (Å²) in [6.07, 6.45) is 7.10. The van der Waals surface area contributed by atoms with Gasteiger partial charge in [-0.2, -0.15) is 0 Å². The summed E-state index contributed by atoms with van der Waals surface area (Å²) in [4.78, 5) is 2.79. The molecular weight excluding hydrogens is 477 g/mol. The van der Waals surface area contributed by atoms with Crippen LogP contribution in [-0.2, 0) is 19.3 Å². The number of halogens is 3. The summed E-state index contributed by atoms with van der Waals surface area (Å²) < 4.78 is 0. The third kappa shape index (κ3) is 17.3. The van der Waals surface area contributed by atoms with E-state index in [0.29, 0.717) is 0 Å². The first kappa shape index (κ1) is 35.7. The summed E-state index contributed by atoms with van der Waals surface area (Å²) in [7, 11) is 0. The van der Waals surface area contributed by atoms with Crippen LogP contribution in [0.4, 0.5) is 14.1 Å². The summed E-state index contributed by atoms with van der Waals surface area (Å²) in [5.41, 5.74) is 4.16. The molecule has 0 atom stereocenters. The largest absolute Gasteiger partial charge is 0.269 e. The van der Waals surface area contributed by atoms with Gasteiger partial charge in [0.15, 0.2) is 0 Å². The van der Waals surface area contributed by atoms with E-state index < -0.39 is 0 Å². The second-order valence-corrected chi connectivity index (χ2v) is 8.60. The van der Waals surface area contributed by atoms with Gasteiger partial charge in [-0.05, 0) is 72.4 Å². The van der Waals surface area contributed by atoms with Crippen LogP contribution in [0.5, 0.6) is 0 Å². The van der Waals surface area contributed by atoms with Crippen LogP contribution in [0.3, 0.4) is 0 Å². The van der Waals surface area contributed by atoms with E-state index in [1.165, 1.54) is 36.0 Å². The Labute approximate surface area is 214 Å². The lowest BCUT2D eigenvalue weighted by molar-refractivity contribution is 0.920. The summed E-state index contributed by atoms with van der Waals surface area (Å²) in [5, 5.41) is 0. The maximum Gasteiger partial charge on any atom is 0.0377 e. The molecule has 0 aromatic heterocycles. The first-order chi connectivity index (χ1) is 14.5. The molecule has 0 aliphatic rings. The van der Waals surface area contributed by atoms with Gasteiger partial charge in [0.1, 0.15) is 0 Å². The van der Waals surface area contributed by atoms with E-state index in [9.17, 15) is 0 Å². The van der Waals surface area contributed by atoms with E-state index in [1.54, 1.807) is 0 Å². The fraction of sp³-hybridized carbons (Fsp3) is 0.333. The first-order valence-electron chi connectivity index (χ1n) is 10.8. The Balaban J connectivity index is -0.000000391. The summed E-state index contributed by atoms with van der Waals surface area (Å²) in [5.74, 6) is 0. The summed E-state index contributed by atoms with van der Waals surface area (Å²) in [6, 6.07) is 24.5. The van der Waals surface area contributed by atoms with Crippen molar-refractivity contribution in [3.8, 4) is 0 Å². The van der Waals surface area contributed by atoms with E-state index in [4.69, 9.17) is 37.9 Å². The molecule has 0 amide bonds. The molecular formula is C27H36F3S3. The molecule has 3 rings (SSSR count). The molecule has 0 aliphatic carbocycles. The van der Waals surface area contributed by atoms with Crippen molar-refractivity contribution in [1.82, 2.24) is 0 Å². The highest BCUT2D eigenvalue weighted by Gasteiger charge is 1.90. The van der Waals surface area contributed by atoms with Crippen LogP contribution in [0, 0.1) is 0 Å². The zero-order valence-corrected chi connectivity index (χ0v) is 22.1. The standard InChI is InChI=1S/3C9H11S.3FH/c3*1-2-3-8-4-6-9(10)7-5-8;;;/h3*4-7H,2-3H2,1H3;3*1H. The zero-order valence-electron chi connectivity index (χ0n) is 19.6. The van der Waals surface area contributed by atoms with E-state index in [0.717, 1.165) is 33.9 Å². The Bertz CT molecular complexity index is 693. The van der Waals surface area contributed by atoms with Crippen molar-refractivity contribution >= 4 is 37.9 Å². The Morgan fingerprint density at radius 2 is 0.576 bits per heavy atom. The highest BCUT2D eigenvalue weighted by atomic mass is 32.1. The normalized spacial score (nSPS) is 8.82. The lowest BCUT2D eigenvalue weighted by atomic mass is 10.1. The van der Waals surface area contributed by atoms with E-state index in [2.05, 4.69) is 57.2 Å². The Hall–Kier alpha value is -1.89. The number of aryl methyl sites for hydroxylation is 3. The topological polar surface area (TPSA) is 0 Å². The van der Waals surface area contributed by atoms with Crippen LogP contribution >= 0.6 is 37.9 Å². The van der Waals surface area contributed by atoms with Crippen molar-refractivity contribution in [2.75, 3.05) is 0 Å². The van der Waals surface area contributed by atoms with Gasteiger partial charge >= 0.3 is 0 Å². The van der Waals surface area contributed by atoms with Crippen molar-refractivity contribution < 1.29 is 14.1 Å². The van der Waals surface area contributed by atoms with Gasteiger partial charge in [0.05, 0.1) is 0 Å². The van der Waals surface area contributed by atoms with Gasteiger partial charge < -0.3 is 0 Å². The van der Waals surface area contributed by atoms with Gasteiger partial charge in [-0.1, -0.05) is 114 Å². The highest BCUT2D eigenvalue weighted by molar-refractivity contribution is 7.80. The summed E-state index contributed by atoms with van der Waals surface area (Å²) >= 11 is 14.9. The lowest BCUT2D eigenvalue weighted by Crippen LogP contribution is -1.80. The van der Waals surface area contributed by atoms with Gasteiger partial charge in [-0.25, -0.2) is 0 Å². The predicted molar refractivity (Wildman–Crippen MR) is 146 cm³/mol. The van der Waals surface area contributed by atoms with E-state index >= 15 is 0 Å².